The van der Waals surface area contributed by atoms with Crippen LogP contribution in [0, 0.1) is 0 Å². The first kappa shape index (κ1) is 30.2. The maximum atomic E-state index is 9.55. The van der Waals surface area contributed by atoms with E-state index in [1.54, 1.807) is 6.20 Å². The summed E-state index contributed by atoms with van der Waals surface area (Å²) >= 11 is 0. The molecule has 3 aromatic rings. The molecule has 40 heavy (non-hydrogen) atoms. The highest BCUT2D eigenvalue weighted by Gasteiger charge is 2.10. The molecule has 1 saturated heterocycles. The van der Waals surface area contributed by atoms with Crippen LogP contribution in [-0.4, -0.2) is 58.3 Å². The summed E-state index contributed by atoms with van der Waals surface area (Å²) in [5.41, 5.74) is 2.48. The number of nitrogens with one attached hydrogen (secondary N) is 1. The third kappa shape index (κ3) is 12.4. The minimum atomic E-state index is -1.26. The number of carboxylic acid groups (broad SMARTS) is 2. The first-order valence-electron chi connectivity index (χ1n) is 13.4. The number of anilines is 1. The van der Waals surface area contributed by atoms with Crippen molar-refractivity contribution in [2.45, 2.75) is 38.8 Å². The standard InChI is InChI=1S/C27H33N3O2.C4H4O4/c1-3-9-23(10-4-1)22-32-26-13-15-29-27(20-26)28-14-8-18-31-25-12-7-11-24(19-25)21-30-16-5-2-6-17-30;5-3(6)1-2-4(7)8/h1,3-4,7,9-13,15,19-20H,2,5-6,8,14,16-18,21-22H2,(H,28,29);1-2H,(H,5,6)(H,7,8)/b;2-1-. The highest BCUT2D eigenvalue weighted by Crippen LogP contribution is 2.18. The molecule has 0 saturated carbocycles. The molecule has 2 aromatic carbocycles. The number of hydrogen-bond donors (Lipinski definition) is 3. The molecule has 1 aromatic heterocycles. The van der Waals surface area contributed by atoms with Gasteiger partial charge in [0, 0.05) is 37.5 Å². The van der Waals surface area contributed by atoms with Crippen LogP contribution in [-0.2, 0) is 22.7 Å². The van der Waals surface area contributed by atoms with E-state index in [2.05, 4.69) is 45.5 Å². The number of carboxylic acids is 2. The number of ether oxygens (including phenoxy) is 2. The van der Waals surface area contributed by atoms with Crippen molar-refractivity contribution in [3.8, 4) is 11.5 Å². The molecule has 1 aliphatic heterocycles. The van der Waals surface area contributed by atoms with Crippen LogP contribution >= 0.6 is 0 Å². The minimum absolute atomic E-state index is 0.551. The van der Waals surface area contributed by atoms with Crippen LogP contribution in [0.15, 0.2) is 85.1 Å². The minimum Gasteiger partial charge on any atom is -0.494 e. The number of benzene rings is 2. The molecule has 1 fully saturated rings. The van der Waals surface area contributed by atoms with Gasteiger partial charge < -0.3 is 25.0 Å². The average molecular weight is 548 g/mol. The van der Waals surface area contributed by atoms with Crippen molar-refractivity contribution in [1.82, 2.24) is 9.88 Å². The predicted molar refractivity (Wildman–Crippen MR) is 154 cm³/mol. The summed E-state index contributed by atoms with van der Waals surface area (Å²) in [6.45, 7) is 5.46. The van der Waals surface area contributed by atoms with Gasteiger partial charge in [0.05, 0.1) is 6.61 Å². The molecule has 2 heterocycles. The Bertz CT molecular complexity index is 1200. The maximum Gasteiger partial charge on any atom is 0.328 e. The maximum absolute atomic E-state index is 9.55. The summed E-state index contributed by atoms with van der Waals surface area (Å²) in [4.78, 5) is 26.0. The van der Waals surface area contributed by atoms with Gasteiger partial charge in [-0.1, -0.05) is 48.9 Å². The molecule has 9 heteroatoms. The van der Waals surface area contributed by atoms with Crippen molar-refractivity contribution in [3.63, 3.8) is 0 Å². The molecule has 0 unspecified atom stereocenters. The summed E-state index contributed by atoms with van der Waals surface area (Å²) in [7, 11) is 0. The Morgan fingerprint density at radius 2 is 1.55 bits per heavy atom. The zero-order valence-corrected chi connectivity index (χ0v) is 22.6. The number of hydrogen-bond acceptors (Lipinski definition) is 7. The Morgan fingerprint density at radius 1 is 0.850 bits per heavy atom. The largest absolute Gasteiger partial charge is 0.494 e. The van der Waals surface area contributed by atoms with Gasteiger partial charge in [0.2, 0.25) is 0 Å². The Labute approximate surface area is 235 Å². The molecule has 0 spiro atoms. The zero-order valence-electron chi connectivity index (χ0n) is 22.6. The van der Waals surface area contributed by atoms with Crippen LogP contribution in [0.5, 0.6) is 11.5 Å². The van der Waals surface area contributed by atoms with Gasteiger partial charge in [-0.15, -0.1) is 0 Å². The van der Waals surface area contributed by atoms with Gasteiger partial charge in [0.25, 0.3) is 0 Å². The number of pyridine rings is 1. The molecule has 1 aliphatic rings. The Hall–Kier alpha value is -4.37. The number of nitrogens with zero attached hydrogens (tertiary/aromatic N) is 2. The number of rotatable bonds is 13. The number of aromatic nitrogens is 1. The summed E-state index contributed by atoms with van der Waals surface area (Å²) in [6, 6.07) is 22.5. The number of piperidine rings is 1. The van der Waals surface area contributed by atoms with Gasteiger partial charge in [0.1, 0.15) is 23.9 Å². The Morgan fingerprint density at radius 3 is 2.27 bits per heavy atom. The van der Waals surface area contributed by atoms with Gasteiger partial charge in [-0.3, -0.25) is 4.90 Å². The van der Waals surface area contributed by atoms with Crippen molar-refractivity contribution in [2.24, 2.45) is 0 Å². The molecular formula is C31H37N3O6. The number of carbonyl (C=O) groups is 2. The van der Waals surface area contributed by atoms with E-state index in [-0.39, 0.29) is 0 Å². The fourth-order valence-corrected chi connectivity index (χ4v) is 4.07. The Kier molecular flexibility index (Phi) is 13.0. The van der Waals surface area contributed by atoms with E-state index >= 15 is 0 Å². The molecule has 212 valence electrons. The molecule has 0 bridgehead atoms. The molecule has 0 atom stereocenters. The second kappa shape index (κ2) is 17.3. The second-order valence-electron chi connectivity index (χ2n) is 9.27. The first-order valence-corrected chi connectivity index (χ1v) is 13.4. The molecule has 0 amide bonds. The van der Waals surface area contributed by atoms with Gasteiger partial charge >= 0.3 is 11.9 Å². The fourth-order valence-electron chi connectivity index (χ4n) is 4.07. The van der Waals surface area contributed by atoms with Crippen LogP contribution in [0.4, 0.5) is 5.82 Å². The summed E-state index contributed by atoms with van der Waals surface area (Å²) in [5.74, 6) is 0.0703. The van der Waals surface area contributed by atoms with Crippen LogP contribution in [0.25, 0.3) is 0 Å². The van der Waals surface area contributed by atoms with Gasteiger partial charge in [0.15, 0.2) is 0 Å². The van der Waals surface area contributed by atoms with Crippen molar-refractivity contribution >= 4 is 17.8 Å². The molecular weight excluding hydrogens is 510 g/mol. The van der Waals surface area contributed by atoms with E-state index < -0.39 is 11.9 Å². The summed E-state index contributed by atoms with van der Waals surface area (Å²) in [5, 5.41) is 19.0. The summed E-state index contributed by atoms with van der Waals surface area (Å²) < 4.78 is 11.9. The molecule has 3 N–H and O–H groups in total. The number of aliphatic carboxylic acids is 2. The number of likely N-dealkylation sites (tertiary alicyclic amines) is 1. The van der Waals surface area contributed by atoms with Crippen molar-refractivity contribution in [1.29, 1.82) is 0 Å². The molecule has 9 nitrogen and oxygen atoms in total. The highest BCUT2D eigenvalue weighted by atomic mass is 16.5. The van der Waals surface area contributed by atoms with E-state index in [9.17, 15) is 9.59 Å². The average Bonchev–Trinajstić information content (AvgIpc) is 2.97. The second-order valence-corrected chi connectivity index (χ2v) is 9.27. The van der Waals surface area contributed by atoms with Crippen molar-refractivity contribution < 1.29 is 29.3 Å². The normalized spacial score (nSPS) is 13.2. The van der Waals surface area contributed by atoms with Crippen LogP contribution in [0.3, 0.4) is 0 Å². The van der Waals surface area contributed by atoms with E-state index in [4.69, 9.17) is 19.7 Å². The lowest BCUT2D eigenvalue weighted by atomic mass is 10.1. The summed E-state index contributed by atoms with van der Waals surface area (Å²) in [6.07, 6.45) is 7.79. The van der Waals surface area contributed by atoms with Gasteiger partial charge in [-0.25, -0.2) is 14.6 Å². The molecule has 4 rings (SSSR count). The lowest BCUT2D eigenvalue weighted by Crippen LogP contribution is -2.29. The van der Waals surface area contributed by atoms with Gasteiger partial charge in [-0.05, 0) is 61.7 Å². The Balaban J connectivity index is 0.000000482. The van der Waals surface area contributed by atoms with E-state index in [0.29, 0.717) is 25.4 Å². The first-order chi connectivity index (χ1) is 19.5. The van der Waals surface area contributed by atoms with Gasteiger partial charge in [-0.2, -0.15) is 0 Å². The van der Waals surface area contributed by atoms with E-state index in [1.165, 1.54) is 37.9 Å². The van der Waals surface area contributed by atoms with Crippen LogP contribution < -0.4 is 14.8 Å². The third-order valence-corrected chi connectivity index (χ3v) is 6.00. The molecule has 0 aliphatic carbocycles. The fraction of sp³-hybridized carbons (Fsp3) is 0.323. The zero-order chi connectivity index (χ0) is 28.4. The van der Waals surface area contributed by atoms with Crippen LogP contribution in [0.1, 0.15) is 36.8 Å². The van der Waals surface area contributed by atoms with E-state index in [1.807, 2.05) is 36.4 Å². The van der Waals surface area contributed by atoms with Crippen LogP contribution in [0.2, 0.25) is 0 Å². The lowest BCUT2D eigenvalue weighted by Gasteiger charge is -2.26. The van der Waals surface area contributed by atoms with E-state index in [0.717, 1.165) is 42.4 Å². The molecule has 0 radical (unpaired) electrons. The van der Waals surface area contributed by atoms with Crippen molar-refractivity contribution in [3.05, 3.63) is 96.2 Å². The quantitative estimate of drug-likeness (QED) is 0.195. The monoisotopic (exact) mass is 547 g/mol. The predicted octanol–water partition coefficient (Wildman–Crippen LogP) is 5.24. The lowest BCUT2D eigenvalue weighted by molar-refractivity contribution is -0.134. The third-order valence-electron chi connectivity index (χ3n) is 6.00. The smallest absolute Gasteiger partial charge is 0.328 e. The SMILES string of the molecule is O=C(O)/C=C\C(=O)O.c1ccc(COc2ccnc(NCCCOc3cccc(CN4CCCCC4)c3)c2)cc1. The topological polar surface area (TPSA) is 121 Å². The van der Waals surface area contributed by atoms with Crippen molar-refractivity contribution in [2.75, 3.05) is 31.6 Å². The highest BCUT2D eigenvalue weighted by molar-refractivity contribution is 5.89.